The number of carbonyl (C=O) groups is 1. The zero-order valence-corrected chi connectivity index (χ0v) is 14.3. The van der Waals surface area contributed by atoms with Crippen molar-refractivity contribution in [3.8, 4) is 0 Å². The molecule has 1 aliphatic rings. The highest BCUT2D eigenvalue weighted by molar-refractivity contribution is 5.87. The van der Waals surface area contributed by atoms with Crippen molar-refractivity contribution < 1.29 is 4.79 Å². The van der Waals surface area contributed by atoms with Crippen molar-refractivity contribution in [3.05, 3.63) is 35.9 Å². The van der Waals surface area contributed by atoms with Crippen molar-refractivity contribution in [1.29, 1.82) is 0 Å². The van der Waals surface area contributed by atoms with Crippen molar-refractivity contribution >= 4 is 30.7 Å². The monoisotopic (exact) mass is 333 g/mol. The Labute approximate surface area is 139 Å². The summed E-state index contributed by atoms with van der Waals surface area (Å²) in [6.45, 7) is 8.41. The van der Waals surface area contributed by atoms with E-state index in [-0.39, 0.29) is 30.7 Å². The Bertz CT molecular complexity index is 432. The Morgan fingerprint density at radius 1 is 1.14 bits per heavy atom. The fourth-order valence-electron chi connectivity index (χ4n) is 2.50. The Balaban J connectivity index is 0.00000200. The number of nitrogens with two attached hydrogens (primary N) is 1. The van der Waals surface area contributed by atoms with Crippen LogP contribution in [0.4, 0.5) is 0 Å². The molecule has 2 rings (SSSR count). The minimum absolute atomic E-state index is 0. The molecule has 6 heteroatoms. The first kappa shape index (κ1) is 20.2. The van der Waals surface area contributed by atoms with Gasteiger partial charge in [0.1, 0.15) is 5.54 Å². The maximum absolute atomic E-state index is 12.6. The zero-order chi connectivity index (χ0) is 13.9. The van der Waals surface area contributed by atoms with Crippen LogP contribution in [-0.4, -0.2) is 48.4 Å². The number of hydrogen-bond acceptors (Lipinski definition) is 3. The average molecular weight is 334 g/mol. The number of carbonyl (C=O) groups excluding carboxylic acids is 1. The molecule has 21 heavy (non-hydrogen) atoms. The molecule has 1 heterocycles. The van der Waals surface area contributed by atoms with Gasteiger partial charge in [-0.1, -0.05) is 37.3 Å². The van der Waals surface area contributed by atoms with E-state index in [1.165, 1.54) is 0 Å². The molecule has 1 saturated heterocycles. The predicted molar refractivity (Wildman–Crippen MR) is 91.2 cm³/mol. The van der Waals surface area contributed by atoms with Gasteiger partial charge in [0.25, 0.3) is 0 Å². The van der Waals surface area contributed by atoms with Crippen molar-refractivity contribution in [1.82, 2.24) is 9.80 Å². The van der Waals surface area contributed by atoms with E-state index < -0.39 is 5.54 Å². The highest BCUT2D eigenvalue weighted by Gasteiger charge is 2.35. The summed E-state index contributed by atoms with van der Waals surface area (Å²) in [6.07, 6.45) is 0. The smallest absolute Gasteiger partial charge is 0.247 e. The van der Waals surface area contributed by atoms with Gasteiger partial charge in [-0.15, -0.1) is 24.8 Å². The first-order chi connectivity index (χ1) is 9.05. The van der Waals surface area contributed by atoms with Crippen LogP contribution in [0.1, 0.15) is 19.4 Å². The van der Waals surface area contributed by atoms with Crippen LogP contribution in [0.5, 0.6) is 0 Å². The van der Waals surface area contributed by atoms with Crippen LogP contribution in [0.25, 0.3) is 0 Å². The maximum atomic E-state index is 12.6. The second-order valence-electron chi connectivity index (χ2n) is 5.29. The van der Waals surface area contributed by atoms with Gasteiger partial charge in [0, 0.05) is 26.2 Å². The normalized spacial score (nSPS) is 18.1. The third-order valence-corrected chi connectivity index (χ3v) is 3.92. The van der Waals surface area contributed by atoms with Crippen molar-refractivity contribution in [3.63, 3.8) is 0 Å². The number of hydrogen-bond donors (Lipinski definition) is 1. The Morgan fingerprint density at radius 3 is 2.14 bits per heavy atom. The third kappa shape index (κ3) is 4.58. The van der Waals surface area contributed by atoms with Crippen LogP contribution >= 0.6 is 24.8 Å². The van der Waals surface area contributed by atoms with Crippen molar-refractivity contribution in [2.24, 2.45) is 5.73 Å². The number of likely N-dealkylation sites (N-methyl/N-ethyl adjacent to an activating group) is 1. The van der Waals surface area contributed by atoms with Gasteiger partial charge in [-0.25, -0.2) is 0 Å². The van der Waals surface area contributed by atoms with Crippen LogP contribution in [0, 0.1) is 0 Å². The second kappa shape index (κ2) is 8.59. The van der Waals surface area contributed by atoms with Crippen molar-refractivity contribution in [2.75, 3.05) is 32.7 Å². The van der Waals surface area contributed by atoms with Crippen LogP contribution in [0.3, 0.4) is 0 Å². The molecule has 1 aliphatic heterocycles. The number of rotatable bonds is 3. The molecule has 0 radical (unpaired) electrons. The van der Waals surface area contributed by atoms with E-state index >= 15 is 0 Å². The van der Waals surface area contributed by atoms with Crippen LogP contribution < -0.4 is 5.73 Å². The summed E-state index contributed by atoms with van der Waals surface area (Å²) in [7, 11) is 0. The van der Waals surface area contributed by atoms with Crippen LogP contribution in [0.15, 0.2) is 30.3 Å². The minimum Gasteiger partial charge on any atom is -0.338 e. The molecule has 0 aliphatic carbocycles. The Hall–Kier alpha value is -0.810. The molecule has 1 atom stereocenters. The molecular weight excluding hydrogens is 309 g/mol. The summed E-state index contributed by atoms with van der Waals surface area (Å²) < 4.78 is 0. The number of halogens is 2. The molecule has 120 valence electrons. The van der Waals surface area contributed by atoms with Crippen molar-refractivity contribution in [2.45, 2.75) is 19.4 Å². The fourth-order valence-corrected chi connectivity index (χ4v) is 2.50. The quantitative estimate of drug-likeness (QED) is 0.918. The lowest BCUT2D eigenvalue weighted by atomic mass is 9.91. The van der Waals surface area contributed by atoms with Gasteiger partial charge in [0.2, 0.25) is 5.91 Å². The molecule has 0 spiro atoms. The van der Waals surface area contributed by atoms with Crippen LogP contribution in [-0.2, 0) is 10.3 Å². The lowest BCUT2D eigenvalue weighted by Crippen LogP contribution is -2.56. The molecule has 1 aromatic carbocycles. The predicted octanol–water partition coefficient (Wildman–Crippen LogP) is 1.87. The number of amides is 1. The summed E-state index contributed by atoms with van der Waals surface area (Å²) in [5.41, 5.74) is 6.21. The van der Waals surface area contributed by atoms with Gasteiger partial charge in [0.15, 0.2) is 0 Å². The topological polar surface area (TPSA) is 49.6 Å². The van der Waals surface area contributed by atoms with Gasteiger partial charge < -0.3 is 15.5 Å². The van der Waals surface area contributed by atoms with E-state index in [1.807, 2.05) is 35.2 Å². The molecule has 1 aromatic rings. The molecular formula is C15H25Cl2N3O. The third-order valence-electron chi connectivity index (χ3n) is 3.92. The molecule has 1 fully saturated rings. The zero-order valence-electron chi connectivity index (χ0n) is 12.6. The first-order valence-electron chi connectivity index (χ1n) is 6.92. The standard InChI is InChI=1S/C15H23N3O.2ClH/c1-3-17-9-11-18(12-10-17)14(19)15(2,16)13-7-5-4-6-8-13;;/h4-8H,3,9-12,16H2,1-2H3;2*1H. The highest BCUT2D eigenvalue weighted by Crippen LogP contribution is 2.21. The Kier molecular flexibility index (Phi) is 8.26. The lowest BCUT2D eigenvalue weighted by molar-refractivity contribution is -0.138. The molecule has 4 nitrogen and oxygen atoms in total. The highest BCUT2D eigenvalue weighted by atomic mass is 35.5. The first-order valence-corrected chi connectivity index (χ1v) is 6.92. The average Bonchev–Trinajstić information content (AvgIpc) is 2.47. The molecule has 0 aromatic heterocycles. The Morgan fingerprint density at radius 2 is 1.67 bits per heavy atom. The van der Waals surface area contributed by atoms with Gasteiger partial charge in [-0.05, 0) is 19.0 Å². The maximum Gasteiger partial charge on any atom is 0.247 e. The van der Waals surface area contributed by atoms with E-state index in [1.54, 1.807) is 6.92 Å². The van der Waals surface area contributed by atoms with E-state index in [4.69, 9.17) is 5.73 Å². The summed E-state index contributed by atoms with van der Waals surface area (Å²) in [6, 6.07) is 9.61. The second-order valence-corrected chi connectivity index (χ2v) is 5.29. The SMILES string of the molecule is CCN1CCN(C(=O)C(C)(N)c2ccccc2)CC1.Cl.Cl. The fraction of sp³-hybridized carbons (Fsp3) is 0.533. The van der Waals surface area contributed by atoms with E-state index in [0.717, 1.165) is 38.3 Å². The minimum atomic E-state index is -0.935. The molecule has 1 unspecified atom stereocenters. The summed E-state index contributed by atoms with van der Waals surface area (Å²) in [5.74, 6) is 0.0226. The van der Waals surface area contributed by atoms with Gasteiger partial charge >= 0.3 is 0 Å². The number of piperazine rings is 1. The summed E-state index contributed by atoms with van der Waals surface area (Å²) in [5, 5.41) is 0. The lowest BCUT2D eigenvalue weighted by Gasteiger charge is -2.38. The molecule has 0 bridgehead atoms. The largest absolute Gasteiger partial charge is 0.338 e. The molecule has 0 saturated carbocycles. The van der Waals surface area contributed by atoms with E-state index in [9.17, 15) is 4.79 Å². The van der Waals surface area contributed by atoms with Gasteiger partial charge in [-0.3, -0.25) is 4.79 Å². The summed E-state index contributed by atoms with van der Waals surface area (Å²) in [4.78, 5) is 16.8. The number of nitrogens with zero attached hydrogens (tertiary/aromatic N) is 2. The van der Waals surface area contributed by atoms with Gasteiger partial charge in [-0.2, -0.15) is 0 Å². The number of benzene rings is 1. The summed E-state index contributed by atoms with van der Waals surface area (Å²) >= 11 is 0. The molecule has 1 amide bonds. The molecule has 2 N–H and O–H groups in total. The van der Waals surface area contributed by atoms with E-state index in [0.29, 0.717) is 0 Å². The van der Waals surface area contributed by atoms with Crippen LogP contribution in [0.2, 0.25) is 0 Å². The van der Waals surface area contributed by atoms with Gasteiger partial charge in [0.05, 0.1) is 0 Å². The van der Waals surface area contributed by atoms with E-state index in [2.05, 4.69) is 11.8 Å².